The highest BCUT2D eigenvalue weighted by Gasteiger charge is 2.54. The van der Waals surface area contributed by atoms with E-state index in [0.29, 0.717) is 12.0 Å². The molecule has 1 heterocycles. The minimum Gasteiger partial charge on any atom is -0.391 e. The highest BCUT2D eigenvalue weighted by molar-refractivity contribution is 5.15. The molecule has 1 aliphatic heterocycles. The molecule has 3 rings (SSSR count). The molecule has 1 saturated carbocycles. The van der Waals surface area contributed by atoms with Crippen molar-refractivity contribution in [1.82, 2.24) is 4.90 Å². The molecule has 3 heteroatoms. The van der Waals surface area contributed by atoms with Gasteiger partial charge in [-0.3, -0.25) is 4.90 Å². The summed E-state index contributed by atoms with van der Waals surface area (Å²) >= 11 is 0. The first-order valence-corrected chi connectivity index (χ1v) is 7.09. The lowest BCUT2D eigenvalue weighted by molar-refractivity contribution is 0.0524. The summed E-state index contributed by atoms with van der Waals surface area (Å²) < 4.78 is 13.3. The van der Waals surface area contributed by atoms with Crippen molar-refractivity contribution in [2.24, 2.45) is 11.8 Å². The molecule has 0 radical (unpaired) electrons. The Morgan fingerprint density at radius 1 is 1.39 bits per heavy atom. The molecule has 0 aromatic heterocycles. The molecule has 100 valence electrons. The second-order valence-electron chi connectivity index (χ2n) is 5.92. The van der Waals surface area contributed by atoms with Crippen LogP contribution in [0.5, 0.6) is 0 Å². The number of piperidine rings is 1. The molecule has 6 atom stereocenters. The number of aliphatic hydroxyl groups excluding tert-OH is 1. The Balaban J connectivity index is 1.78. The van der Waals surface area contributed by atoms with Crippen molar-refractivity contribution in [3.05, 3.63) is 24.3 Å². The average molecular weight is 251 g/mol. The lowest BCUT2D eigenvalue weighted by Gasteiger charge is -2.41. The molecule has 2 aliphatic carbocycles. The van der Waals surface area contributed by atoms with E-state index in [4.69, 9.17) is 0 Å². The van der Waals surface area contributed by atoms with E-state index in [1.54, 1.807) is 0 Å². The minimum atomic E-state index is -0.325. The molecule has 5 unspecified atom stereocenters. The Morgan fingerprint density at radius 2 is 2.22 bits per heavy atom. The molecule has 2 nitrogen and oxygen atoms in total. The standard InChI is InChI=1S/C15H22FNO/c1-10(11-5-3-2-4-6-11)17-13-8-7-12(15(13)18)14(17)9-16/h2-5,10-15,18H,6-9H2,1H3/t10-,11?,12?,13?,14?,15?/m1/s1. The molecule has 1 N–H and O–H groups in total. The van der Waals surface area contributed by atoms with Crippen LogP contribution in [-0.2, 0) is 0 Å². The normalized spacial score (nSPS) is 44.7. The van der Waals surface area contributed by atoms with Gasteiger partial charge in [0.15, 0.2) is 0 Å². The Morgan fingerprint density at radius 3 is 2.89 bits per heavy atom. The predicted octanol–water partition coefficient (Wildman–Crippen LogP) is 2.30. The summed E-state index contributed by atoms with van der Waals surface area (Å²) in [6, 6.07) is 0.440. The number of hydrogen-bond acceptors (Lipinski definition) is 2. The van der Waals surface area contributed by atoms with Gasteiger partial charge >= 0.3 is 0 Å². The van der Waals surface area contributed by atoms with Crippen molar-refractivity contribution in [3.63, 3.8) is 0 Å². The summed E-state index contributed by atoms with van der Waals surface area (Å²) in [4.78, 5) is 2.27. The monoisotopic (exact) mass is 251 g/mol. The van der Waals surface area contributed by atoms with Gasteiger partial charge in [0.05, 0.1) is 6.10 Å². The van der Waals surface area contributed by atoms with Crippen LogP contribution in [0.25, 0.3) is 0 Å². The van der Waals surface area contributed by atoms with Crippen LogP contribution in [0.15, 0.2) is 24.3 Å². The van der Waals surface area contributed by atoms with Crippen molar-refractivity contribution in [3.8, 4) is 0 Å². The van der Waals surface area contributed by atoms with Crippen molar-refractivity contribution in [1.29, 1.82) is 0 Å². The first-order valence-electron chi connectivity index (χ1n) is 7.09. The Hall–Kier alpha value is -0.670. The van der Waals surface area contributed by atoms with Gasteiger partial charge in [0.25, 0.3) is 0 Å². The molecule has 2 bridgehead atoms. The number of rotatable bonds is 3. The summed E-state index contributed by atoms with van der Waals surface area (Å²) in [6.07, 6.45) is 11.3. The summed E-state index contributed by atoms with van der Waals surface area (Å²) in [5, 5.41) is 10.2. The van der Waals surface area contributed by atoms with E-state index in [1.165, 1.54) is 0 Å². The number of hydrogen-bond donors (Lipinski definition) is 1. The fraction of sp³-hybridized carbons (Fsp3) is 0.733. The van der Waals surface area contributed by atoms with Gasteiger partial charge in [0.1, 0.15) is 6.67 Å². The van der Waals surface area contributed by atoms with Gasteiger partial charge in [-0.15, -0.1) is 0 Å². The molecular formula is C15H22FNO. The molecule has 18 heavy (non-hydrogen) atoms. The van der Waals surface area contributed by atoms with E-state index >= 15 is 0 Å². The highest BCUT2D eigenvalue weighted by atomic mass is 19.1. The number of halogens is 1. The number of likely N-dealkylation sites (tertiary alicyclic amines) is 1. The van der Waals surface area contributed by atoms with Gasteiger partial charge in [-0.1, -0.05) is 24.3 Å². The molecular weight excluding hydrogens is 229 g/mol. The van der Waals surface area contributed by atoms with Crippen LogP contribution in [0.1, 0.15) is 26.2 Å². The maximum Gasteiger partial charge on any atom is 0.105 e. The van der Waals surface area contributed by atoms with Crippen LogP contribution in [0.4, 0.5) is 4.39 Å². The van der Waals surface area contributed by atoms with Crippen LogP contribution in [0.3, 0.4) is 0 Å². The van der Waals surface area contributed by atoms with E-state index in [1.807, 2.05) is 0 Å². The van der Waals surface area contributed by atoms with Gasteiger partial charge in [-0.2, -0.15) is 0 Å². The van der Waals surface area contributed by atoms with Crippen LogP contribution >= 0.6 is 0 Å². The molecule has 0 amide bonds. The van der Waals surface area contributed by atoms with Gasteiger partial charge in [-0.25, -0.2) is 4.39 Å². The first-order chi connectivity index (χ1) is 8.74. The average Bonchev–Trinajstić information content (AvgIpc) is 2.92. The number of aliphatic hydroxyl groups is 1. The SMILES string of the molecule is C[C@H](C1C=CC=CC1)N1C2CCC(C2O)C1CF. The molecule has 0 spiro atoms. The molecule has 1 saturated heterocycles. The second-order valence-corrected chi connectivity index (χ2v) is 5.92. The fourth-order valence-corrected chi connectivity index (χ4v) is 4.18. The Bertz CT molecular complexity index is 368. The van der Waals surface area contributed by atoms with E-state index in [9.17, 15) is 9.50 Å². The zero-order chi connectivity index (χ0) is 12.7. The molecule has 0 aromatic carbocycles. The van der Waals surface area contributed by atoms with E-state index in [0.717, 1.165) is 19.3 Å². The third kappa shape index (κ3) is 1.76. The third-order valence-electron chi connectivity index (χ3n) is 5.15. The number of nitrogens with zero attached hydrogens (tertiary/aromatic N) is 1. The van der Waals surface area contributed by atoms with Crippen LogP contribution < -0.4 is 0 Å². The van der Waals surface area contributed by atoms with Crippen molar-refractivity contribution in [2.75, 3.05) is 6.67 Å². The van der Waals surface area contributed by atoms with Gasteiger partial charge < -0.3 is 5.11 Å². The summed E-state index contributed by atoms with van der Waals surface area (Å²) in [7, 11) is 0. The van der Waals surface area contributed by atoms with Crippen LogP contribution in [0.2, 0.25) is 0 Å². The second kappa shape index (κ2) is 4.78. The van der Waals surface area contributed by atoms with Crippen LogP contribution in [0, 0.1) is 11.8 Å². The van der Waals surface area contributed by atoms with Crippen LogP contribution in [-0.4, -0.2) is 40.9 Å². The Kier molecular flexibility index (Phi) is 3.29. The lowest BCUT2D eigenvalue weighted by Crippen LogP contribution is -2.50. The topological polar surface area (TPSA) is 23.5 Å². The lowest BCUT2D eigenvalue weighted by atomic mass is 9.89. The van der Waals surface area contributed by atoms with Crippen molar-refractivity contribution < 1.29 is 9.50 Å². The Labute approximate surface area is 108 Å². The van der Waals surface area contributed by atoms with Gasteiger partial charge in [0.2, 0.25) is 0 Å². The third-order valence-corrected chi connectivity index (χ3v) is 5.15. The first kappa shape index (κ1) is 12.4. The van der Waals surface area contributed by atoms with E-state index in [2.05, 4.69) is 36.1 Å². The van der Waals surface area contributed by atoms with E-state index in [-0.39, 0.29) is 30.8 Å². The molecule has 3 aliphatic rings. The summed E-state index contributed by atoms with van der Waals surface area (Å²) in [5.74, 6) is 0.612. The summed E-state index contributed by atoms with van der Waals surface area (Å²) in [6.45, 7) is 1.86. The maximum atomic E-state index is 13.3. The largest absolute Gasteiger partial charge is 0.391 e. The fourth-order valence-electron chi connectivity index (χ4n) is 4.18. The number of fused-ring (bicyclic) bond motifs is 2. The summed E-state index contributed by atoms with van der Waals surface area (Å²) in [5.41, 5.74) is 0. The molecule has 2 fully saturated rings. The van der Waals surface area contributed by atoms with Gasteiger partial charge in [-0.05, 0) is 32.1 Å². The minimum absolute atomic E-state index is 0.0620. The number of allylic oxidation sites excluding steroid dienone is 3. The van der Waals surface area contributed by atoms with E-state index < -0.39 is 0 Å². The van der Waals surface area contributed by atoms with Crippen molar-refractivity contribution >= 4 is 0 Å². The number of alkyl halides is 1. The zero-order valence-corrected chi connectivity index (χ0v) is 10.9. The molecule has 0 aromatic rings. The van der Waals surface area contributed by atoms with Crippen molar-refractivity contribution in [2.45, 2.75) is 50.4 Å². The maximum absolute atomic E-state index is 13.3. The smallest absolute Gasteiger partial charge is 0.105 e. The zero-order valence-electron chi connectivity index (χ0n) is 10.9. The quantitative estimate of drug-likeness (QED) is 0.832. The van der Waals surface area contributed by atoms with Gasteiger partial charge in [0, 0.05) is 24.0 Å². The predicted molar refractivity (Wildman–Crippen MR) is 70.0 cm³/mol. The highest BCUT2D eigenvalue weighted by Crippen LogP contribution is 2.45.